The van der Waals surface area contributed by atoms with Crippen LogP contribution in [0.1, 0.15) is 85.0 Å². The summed E-state index contributed by atoms with van der Waals surface area (Å²) < 4.78 is 0. The van der Waals surface area contributed by atoms with E-state index < -0.39 is 0 Å². The highest BCUT2D eigenvalue weighted by molar-refractivity contribution is 5.20. The van der Waals surface area contributed by atoms with Crippen LogP contribution >= 0.6 is 0 Å². The summed E-state index contributed by atoms with van der Waals surface area (Å²) >= 11 is 0. The van der Waals surface area contributed by atoms with Crippen LogP contribution in [0.15, 0.2) is 11.6 Å². The Kier molecular flexibility index (Phi) is 5.29. The van der Waals surface area contributed by atoms with Crippen molar-refractivity contribution < 1.29 is 10.2 Å². The zero-order chi connectivity index (χ0) is 18.5. The minimum Gasteiger partial charge on any atom is -0.393 e. The van der Waals surface area contributed by atoms with E-state index in [0.29, 0.717) is 5.41 Å². The average molecular weight is 361 g/mol. The lowest BCUT2D eigenvalue weighted by Crippen LogP contribution is -2.47. The van der Waals surface area contributed by atoms with Crippen molar-refractivity contribution in [3.63, 3.8) is 0 Å². The predicted octanol–water partition coefficient (Wildman–Crippen LogP) is 5.33. The van der Waals surface area contributed by atoms with Crippen molar-refractivity contribution in [2.45, 2.75) is 97.2 Å². The molecule has 4 aliphatic rings. The van der Waals surface area contributed by atoms with E-state index in [2.05, 4.69) is 19.9 Å². The molecule has 2 nitrogen and oxygen atoms in total. The predicted molar refractivity (Wildman–Crippen MR) is 107 cm³/mol. The molecule has 0 bridgehead atoms. The zero-order valence-corrected chi connectivity index (χ0v) is 17.2. The molecular formula is C24H40O2. The van der Waals surface area contributed by atoms with Crippen molar-refractivity contribution in [3.8, 4) is 0 Å². The van der Waals surface area contributed by atoms with Crippen molar-refractivity contribution in [2.75, 3.05) is 0 Å². The normalized spacial score (nSPS) is 47.3. The van der Waals surface area contributed by atoms with Gasteiger partial charge in [0.25, 0.3) is 0 Å². The maximum atomic E-state index is 10.1. The molecule has 3 saturated carbocycles. The van der Waals surface area contributed by atoms with Crippen LogP contribution in [0.5, 0.6) is 0 Å². The van der Waals surface area contributed by atoms with E-state index in [1.807, 2.05) is 6.92 Å². The summed E-state index contributed by atoms with van der Waals surface area (Å²) in [6.07, 6.45) is 14.6. The molecule has 0 radical (unpaired) electrons. The molecule has 26 heavy (non-hydrogen) atoms. The smallest absolute Gasteiger partial charge is 0.0577 e. The Hall–Kier alpha value is -0.340. The van der Waals surface area contributed by atoms with Gasteiger partial charge in [0.15, 0.2) is 0 Å². The third-order valence-electron chi connectivity index (χ3n) is 9.22. The molecule has 0 aliphatic heterocycles. The summed E-state index contributed by atoms with van der Waals surface area (Å²) in [4.78, 5) is 0. The Morgan fingerprint density at radius 3 is 2.65 bits per heavy atom. The number of aliphatic hydroxyl groups is 2. The van der Waals surface area contributed by atoms with Gasteiger partial charge in [0.2, 0.25) is 0 Å². The van der Waals surface area contributed by atoms with Gasteiger partial charge in [-0.25, -0.2) is 0 Å². The van der Waals surface area contributed by atoms with Gasteiger partial charge in [-0.3, -0.25) is 0 Å². The summed E-state index contributed by atoms with van der Waals surface area (Å²) in [6.45, 7) is 7.01. The second-order valence-corrected chi connectivity index (χ2v) is 10.6. The standard InChI is InChI=1S/C24H40O2/c1-15(4-5-16(2)25)22-10-11-23-21-8-6-17-14-18(26)7-9-19(17)20(21)12-13-24(22,23)3/h6,15-16,18-23,25-26H,4-5,7-14H2,1-3H3/t15-,16?,18+,19+,20-,21-,22-,23+,24-/m1/s1. The van der Waals surface area contributed by atoms with Gasteiger partial charge in [-0.2, -0.15) is 0 Å². The van der Waals surface area contributed by atoms with E-state index in [9.17, 15) is 10.2 Å². The van der Waals surface area contributed by atoms with E-state index in [1.54, 1.807) is 5.57 Å². The van der Waals surface area contributed by atoms with Crippen LogP contribution in [0.25, 0.3) is 0 Å². The van der Waals surface area contributed by atoms with Crippen LogP contribution < -0.4 is 0 Å². The molecule has 0 saturated heterocycles. The molecule has 2 N–H and O–H groups in total. The van der Waals surface area contributed by atoms with E-state index in [1.165, 1.54) is 44.9 Å². The Bertz CT molecular complexity index is 538. The molecular weight excluding hydrogens is 320 g/mol. The quantitative estimate of drug-likeness (QED) is 0.665. The van der Waals surface area contributed by atoms with Gasteiger partial charge in [0.05, 0.1) is 12.2 Å². The van der Waals surface area contributed by atoms with Crippen LogP contribution in [0.4, 0.5) is 0 Å². The Labute approximate surface area is 160 Å². The fourth-order valence-corrected chi connectivity index (χ4v) is 7.93. The molecule has 0 aromatic heterocycles. The Morgan fingerprint density at radius 1 is 1.08 bits per heavy atom. The van der Waals surface area contributed by atoms with Crippen molar-refractivity contribution >= 4 is 0 Å². The summed E-state index contributed by atoms with van der Waals surface area (Å²) in [5, 5.41) is 19.8. The number of aliphatic hydroxyl groups excluding tert-OH is 2. The first-order valence-electron chi connectivity index (χ1n) is 11.4. The van der Waals surface area contributed by atoms with Crippen molar-refractivity contribution in [1.29, 1.82) is 0 Å². The van der Waals surface area contributed by atoms with Gasteiger partial charge < -0.3 is 10.2 Å². The fraction of sp³-hybridized carbons (Fsp3) is 0.917. The molecule has 0 spiro atoms. The highest BCUT2D eigenvalue weighted by Gasteiger charge is 2.56. The van der Waals surface area contributed by atoms with Gasteiger partial charge in [0.1, 0.15) is 0 Å². The highest BCUT2D eigenvalue weighted by atomic mass is 16.3. The average Bonchev–Trinajstić information content (AvgIpc) is 2.96. The fourth-order valence-electron chi connectivity index (χ4n) is 7.93. The maximum Gasteiger partial charge on any atom is 0.0577 e. The topological polar surface area (TPSA) is 40.5 Å². The number of hydrogen-bond donors (Lipinski definition) is 2. The zero-order valence-electron chi connectivity index (χ0n) is 17.2. The van der Waals surface area contributed by atoms with Crippen LogP contribution in [0, 0.1) is 40.9 Å². The van der Waals surface area contributed by atoms with Gasteiger partial charge in [0, 0.05) is 0 Å². The van der Waals surface area contributed by atoms with Crippen molar-refractivity contribution in [3.05, 3.63) is 11.6 Å². The SMILES string of the molecule is CC(O)CC[C@@H](C)[C@H]1CC[C@H]2[C@@H]3CC=C4C[C@@H](O)CC[C@@H]4[C@H]3CC[C@]12C. The molecule has 4 rings (SSSR count). The van der Waals surface area contributed by atoms with Gasteiger partial charge >= 0.3 is 0 Å². The summed E-state index contributed by atoms with van der Waals surface area (Å²) in [6, 6.07) is 0. The lowest BCUT2D eigenvalue weighted by atomic mass is 9.51. The first-order valence-corrected chi connectivity index (χ1v) is 11.4. The van der Waals surface area contributed by atoms with E-state index in [0.717, 1.165) is 54.8 Å². The summed E-state index contributed by atoms with van der Waals surface area (Å²) in [7, 11) is 0. The lowest BCUT2D eigenvalue weighted by molar-refractivity contribution is -0.0301. The highest BCUT2D eigenvalue weighted by Crippen LogP contribution is 2.64. The number of rotatable bonds is 4. The minimum atomic E-state index is -0.151. The maximum absolute atomic E-state index is 10.1. The minimum absolute atomic E-state index is 0.0754. The lowest BCUT2D eigenvalue weighted by Gasteiger charge is -2.54. The molecule has 2 heteroatoms. The summed E-state index contributed by atoms with van der Waals surface area (Å²) in [5.41, 5.74) is 2.13. The molecule has 0 aromatic carbocycles. The summed E-state index contributed by atoms with van der Waals surface area (Å²) in [5.74, 6) is 5.08. The first-order chi connectivity index (χ1) is 12.4. The second-order valence-electron chi connectivity index (χ2n) is 10.6. The number of allylic oxidation sites excluding steroid dienone is 1. The van der Waals surface area contributed by atoms with Gasteiger partial charge in [-0.05, 0) is 112 Å². The molecule has 9 atom stereocenters. The second kappa shape index (κ2) is 7.24. The molecule has 3 fully saturated rings. The van der Waals surface area contributed by atoms with Crippen LogP contribution in [0.2, 0.25) is 0 Å². The van der Waals surface area contributed by atoms with Gasteiger partial charge in [-0.1, -0.05) is 25.5 Å². The monoisotopic (exact) mass is 360 g/mol. The first kappa shape index (κ1) is 19.0. The van der Waals surface area contributed by atoms with Crippen molar-refractivity contribution in [2.24, 2.45) is 40.9 Å². The van der Waals surface area contributed by atoms with Crippen molar-refractivity contribution in [1.82, 2.24) is 0 Å². The van der Waals surface area contributed by atoms with Crippen LogP contribution in [-0.2, 0) is 0 Å². The Balaban J connectivity index is 1.49. The number of fused-ring (bicyclic) bond motifs is 5. The molecule has 1 unspecified atom stereocenters. The van der Waals surface area contributed by atoms with E-state index >= 15 is 0 Å². The van der Waals surface area contributed by atoms with E-state index in [4.69, 9.17) is 0 Å². The molecule has 0 aromatic rings. The largest absolute Gasteiger partial charge is 0.393 e. The van der Waals surface area contributed by atoms with Crippen LogP contribution in [0.3, 0.4) is 0 Å². The van der Waals surface area contributed by atoms with Gasteiger partial charge in [-0.15, -0.1) is 0 Å². The third kappa shape index (κ3) is 3.20. The van der Waals surface area contributed by atoms with Crippen LogP contribution in [-0.4, -0.2) is 22.4 Å². The molecule has 4 aliphatic carbocycles. The molecule has 0 heterocycles. The number of hydrogen-bond acceptors (Lipinski definition) is 2. The molecule has 0 amide bonds. The van der Waals surface area contributed by atoms with E-state index in [-0.39, 0.29) is 12.2 Å². The third-order valence-corrected chi connectivity index (χ3v) is 9.22. The molecule has 148 valence electrons. The Morgan fingerprint density at radius 2 is 1.88 bits per heavy atom.